The molecule has 0 amide bonds. The normalized spacial score (nSPS) is 17.8. The maximum absolute atomic E-state index is 12.5. The van der Waals surface area contributed by atoms with E-state index >= 15 is 0 Å². The van der Waals surface area contributed by atoms with E-state index in [1.165, 1.54) is 11.6 Å². The third-order valence-corrected chi connectivity index (χ3v) is 4.69. The first-order valence-electron chi connectivity index (χ1n) is 9.38. The molecule has 144 valence electrons. The van der Waals surface area contributed by atoms with Gasteiger partial charge >= 0.3 is 0 Å². The Bertz CT molecular complexity index is 953. The molecule has 0 radical (unpaired) electrons. The summed E-state index contributed by atoms with van der Waals surface area (Å²) in [5.74, 6) is 0.267. The molecule has 3 rings (SSSR count). The summed E-state index contributed by atoms with van der Waals surface area (Å²) < 4.78 is 6.13. The summed E-state index contributed by atoms with van der Waals surface area (Å²) >= 11 is 0. The second kappa shape index (κ2) is 8.26. The Hall–Kier alpha value is -3.14. The van der Waals surface area contributed by atoms with E-state index in [1.54, 1.807) is 36.7 Å². The van der Waals surface area contributed by atoms with Gasteiger partial charge in [0.15, 0.2) is 5.78 Å². The fraction of sp³-hybridized carbons (Fsp3) is 0.250. The molecule has 4 nitrogen and oxygen atoms in total. The predicted molar refractivity (Wildman–Crippen MR) is 112 cm³/mol. The highest BCUT2D eigenvalue weighted by molar-refractivity contribution is 6.09. The van der Waals surface area contributed by atoms with Crippen LogP contribution in [0.4, 0.5) is 0 Å². The first kappa shape index (κ1) is 19.6. The number of rotatable bonds is 6. The quantitative estimate of drug-likeness (QED) is 0.406. The van der Waals surface area contributed by atoms with Crippen molar-refractivity contribution in [1.82, 2.24) is 4.98 Å². The first-order chi connectivity index (χ1) is 13.4. The Kier molecular flexibility index (Phi) is 5.78. The van der Waals surface area contributed by atoms with Gasteiger partial charge in [0, 0.05) is 12.4 Å². The monoisotopic (exact) mass is 375 g/mol. The average molecular weight is 375 g/mol. The van der Waals surface area contributed by atoms with Crippen LogP contribution >= 0.6 is 0 Å². The van der Waals surface area contributed by atoms with Crippen molar-refractivity contribution in [3.63, 3.8) is 0 Å². The van der Waals surface area contributed by atoms with Crippen LogP contribution in [-0.2, 0) is 0 Å². The van der Waals surface area contributed by atoms with E-state index in [9.17, 15) is 9.90 Å². The SMILES string of the molecule is CC(C)=CCCC1(C)C=Cc2c(ccc(C(=O)/C=C/c3cccnc3)c2O)O1. The molecule has 0 fully saturated rings. The van der Waals surface area contributed by atoms with Gasteiger partial charge in [0.2, 0.25) is 0 Å². The molecule has 0 saturated heterocycles. The van der Waals surface area contributed by atoms with Crippen molar-refractivity contribution >= 4 is 17.9 Å². The summed E-state index contributed by atoms with van der Waals surface area (Å²) in [5, 5.41) is 10.6. The van der Waals surface area contributed by atoms with Crippen LogP contribution in [0.5, 0.6) is 11.5 Å². The number of carbonyl (C=O) groups excluding carboxylic acids is 1. The number of carbonyl (C=O) groups is 1. The molecule has 1 aliphatic rings. The Morgan fingerprint density at radius 2 is 2.11 bits per heavy atom. The van der Waals surface area contributed by atoms with Crippen LogP contribution in [0, 0.1) is 0 Å². The summed E-state index contributed by atoms with van der Waals surface area (Å²) in [4.78, 5) is 16.5. The summed E-state index contributed by atoms with van der Waals surface area (Å²) in [7, 11) is 0. The zero-order chi connectivity index (χ0) is 20.1. The average Bonchev–Trinajstić information content (AvgIpc) is 2.66. The molecule has 28 heavy (non-hydrogen) atoms. The molecule has 1 atom stereocenters. The third kappa shape index (κ3) is 4.58. The molecule has 2 heterocycles. The van der Waals surface area contributed by atoms with Crippen molar-refractivity contribution in [3.8, 4) is 11.5 Å². The molecular formula is C24H25NO3. The van der Waals surface area contributed by atoms with Crippen LogP contribution in [-0.4, -0.2) is 21.5 Å². The van der Waals surface area contributed by atoms with Gasteiger partial charge in [0.05, 0.1) is 11.1 Å². The van der Waals surface area contributed by atoms with Crippen molar-refractivity contribution in [2.24, 2.45) is 0 Å². The van der Waals surface area contributed by atoms with E-state index in [-0.39, 0.29) is 17.1 Å². The van der Waals surface area contributed by atoms with E-state index < -0.39 is 5.60 Å². The van der Waals surface area contributed by atoms with Crippen LogP contribution < -0.4 is 4.74 Å². The molecule has 4 heteroatoms. The molecule has 1 unspecified atom stereocenters. The third-order valence-electron chi connectivity index (χ3n) is 4.69. The van der Waals surface area contributed by atoms with Crippen molar-refractivity contribution < 1.29 is 14.6 Å². The van der Waals surface area contributed by atoms with E-state index in [1.807, 2.05) is 25.1 Å². The zero-order valence-electron chi connectivity index (χ0n) is 16.5. The molecule has 1 aliphatic heterocycles. The summed E-state index contributed by atoms with van der Waals surface area (Å²) in [6, 6.07) is 7.02. The lowest BCUT2D eigenvalue weighted by Crippen LogP contribution is -2.31. The van der Waals surface area contributed by atoms with Crippen molar-refractivity contribution in [1.29, 1.82) is 0 Å². The predicted octanol–water partition coefficient (Wildman–Crippen LogP) is 5.59. The molecule has 1 aromatic heterocycles. The minimum absolute atomic E-state index is 0.0547. The van der Waals surface area contributed by atoms with Gasteiger partial charge in [-0.05, 0) is 81.7 Å². The lowest BCUT2D eigenvalue weighted by Gasteiger charge is -2.32. The standard InChI is InChI=1S/C24H25NO3/c1-17(2)6-4-13-24(3)14-12-20-22(28-24)11-9-19(23(20)27)21(26)10-8-18-7-5-15-25-16-18/h5-12,14-16,27H,4,13H2,1-3H3/b10-8+. The lowest BCUT2D eigenvalue weighted by atomic mass is 9.93. The van der Waals surface area contributed by atoms with Crippen LogP contribution in [0.25, 0.3) is 12.2 Å². The minimum Gasteiger partial charge on any atom is -0.506 e. The lowest BCUT2D eigenvalue weighted by molar-refractivity contribution is 0.104. The van der Waals surface area contributed by atoms with Gasteiger partial charge in [-0.2, -0.15) is 0 Å². The summed E-state index contributed by atoms with van der Waals surface area (Å²) in [6.07, 6.45) is 14.2. The maximum Gasteiger partial charge on any atom is 0.189 e. The van der Waals surface area contributed by atoms with Gasteiger partial charge in [-0.3, -0.25) is 9.78 Å². The fourth-order valence-corrected chi connectivity index (χ4v) is 3.10. The second-order valence-corrected chi connectivity index (χ2v) is 7.43. The molecule has 1 N–H and O–H groups in total. The first-order valence-corrected chi connectivity index (χ1v) is 9.38. The number of allylic oxidation sites excluding steroid dienone is 3. The molecule has 0 aliphatic carbocycles. The number of phenols is 1. The number of aromatic nitrogens is 1. The Morgan fingerprint density at radius 1 is 1.29 bits per heavy atom. The molecule has 0 saturated carbocycles. The van der Waals surface area contributed by atoms with Gasteiger partial charge in [-0.1, -0.05) is 17.7 Å². The summed E-state index contributed by atoms with van der Waals surface area (Å²) in [5.41, 5.74) is 2.46. The molecule has 0 spiro atoms. The number of nitrogens with zero attached hydrogens (tertiary/aromatic N) is 1. The zero-order valence-corrected chi connectivity index (χ0v) is 16.5. The Balaban J connectivity index is 1.79. The number of phenolic OH excluding ortho intramolecular Hbond substituents is 1. The topological polar surface area (TPSA) is 59.4 Å². The van der Waals surface area contributed by atoms with Gasteiger partial charge in [-0.15, -0.1) is 0 Å². The van der Waals surface area contributed by atoms with E-state index in [0.717, 1.165) is 18.4 Å². The fourth-order valence-electron chi connectivity index (χ4n) is 3.10. The molecule has 2 aromatic rings. The maximum atomic E-state index is 12.5. The smallest absolute Gasteiger partial charge is 0.189 e. The number of benzene rings is 1. The molecule has 0 bridgehead atoms. The summed E-state index contributed by atoms with van der Waals surface area (Å²) in [6.45, 7) is 6.18. The van der Waals surface area contributed by atoms with E-state index in [4.69, 9.17) is 4.74 Å². The Labute approximate surface area is 165 Å². The van der Waals surface area contributed by atoms with Gasteiger partial charge in [0.1, 0.15) is 17.1 Å². The van der Waals surface area contributed by atoms with Gasteiger partial charge in [0.25, 0.3) is 0 Å². The van der Waals surface area contributed by atoms with Gasteiger partial charge < -0.3 is 9.84 Å². The minimum atomic E-state index is -0.433. The molecular weight excluding hydrogens is 350 g/mol. The number of ether oxygens (including phenoxy) is 1. The number of pyridine rings is 1. The van der Waals surface area contributed by atoms with Crippen LogP contribution in [0.15, 0.2) is 60.5 Å². The number of ketones is 1. The van der Waals surface area contributed by atoms with Crippen LogP contribution in [0.3, 0.4) is 0 Å². The van der Waals surface area contributed by atoms with E-state index in [2.05, 4.69) is 24.9 Å². The van der Waals surface area contributed by atoms with Gasteiger partial charge in [-0.25, -0.2) is 0 Å². The highest BCUT2D eigenvalue weighted by atomic mass is 16.5. The van der Waals surface area contributed by atoms with Crippen molar-refractivity contribution in [2.75, 3.05) is 0 Å². The molecule has 1 aromatic carbocycles. The largest absolute Gasteiger partial charge is 0.506 e. The van der Waals surface area contributed by atoms with Crippen molar-refractivity contribution in [3.05, 3.63) is 77.2 Å². The van der Waals surface area contributed by atoms with Crippen LogP contribution in [0.2, 0.25) is 0 Å². The second-order valence-electron chi connectivity index (χ2n) is 7.43. The number of hydrogen-bond acceptors (Lipinski definition) is 4. The van der Waals surface area contributed by atoms with E-state index in [0.29, 0.717) is 11.3 Å². The highest BCUT2D eigenvalue weighted by Gasteiger charge is 2.29. The Morgan fingerprint density at radius 3 is 2.82 bits per heavy atom. The van der Waals surface area contributed by atoms with Crippen molar-refractivity contribution in [2.45, 2.75) is 39.2 Å². The number of aromatic hydroxyl groups is 1. The van der Waals surface area contributed by atoms with Crippen LogP contribution in [0.1, 0.15) is 55.1 Å². The number of fused-ring (bicyclic) bond motifs is 1. The highest BCUT2D eigenvalue weighted by Crippen LogP contribution is 2.40. The number of hydrogen-bond donors (Lipinski definition) is 1.